The first-order valence-corrected chi connectivity index (χ1v) is 17.1. The summed E-state index contributed by atoms with van der Waals surface area (Å²) in [7, 11) is 3.98. The number of halogens is 1. The summed E-state index contributed by atoms with van der Waals surface area (Å²) in [5.41, 5.74) is 4.35. The first kappa shape index (κ1) is 31.1. The first-order valence-electron chi connectivity index (χ1n) is 17.1. The van der Waals surface area contributed by atoms with Crippen molar-refractivity contribution in [2.45, 2.75) is 70.6 Å². The van der Waals surface area contributed by atoms with Crippen LogP contribution in [0.4, 0.5) is 10.1 Å². The van der Waals surface area contributed by atoms with E-state index in [1.54, 1.807) is 18.3 Å². The summed E-state index contributed by atoms with van der Waals surface area (Å²) in [6.45, 7) is 4.24. The SMILES string of the molecule is CN(C)c1ccc(-c2cn(CC(=O)[C@@]3(O)CCC4C5CCC6=Cc7c(cnn7-c7ccc(F)cc7)CC6(C)C5[C@@H](O)CC43C)nn2)cc1. The molecule has 10 heteroatoms. The number of Topliss-reactive ketones (excluding diaryl/α,β-unsaturated/α-hetero) is 1. The topological polar surface area (TPSA) is 109 Å². The van der Waals surface area contributed by atoms with Crippen LogP contribution in [0.25, 0.3) is 23.0 Å². The van der Waals surface area contributed by atoms with E-state index in [2.05, 4.69) is 28.4 Å². The summed E-state index contributed by atoms with van der Waals surface area (Å²) in [6.07, 6.45) is 9.27. The Kier molecular flexibility index (Phi) is 7.09. The van der Waals surface area contributed by atoms with Gasteiger partial charge in [0.1, 0.15) is 23.7 Å². The van der Waals surface area contributed by atoms with Crippen LogP contribution in [-0.2, 0) is 17.8 Å². The van der Waals surface area contributed by atoms with Gasteiger partial charge < -0.3 is 15.1 Å². The third-order valence-corrected chi connectivity index (χ3v) is 12.6. The Morgan fingerprint density at radius 3 is 2.56 bits per heavy atom. The highest BCUT2D eigenvalue weighted by molar-refractivity contribution is 5.88. The van der Waals surface area contributed by atoms with Crippen LogP contribution in [0.1, 0.15) is 57.2 Å². The molecule has 2 aromatic carbocycles. The number of hydrogen-bond donors (Lipinski definition) is 2. The Morgan fingerprint density at radius 1 is 1.08 bits per heavy atom. The minimum Gasteiger partial charge on any atom is -0.393 e. The van der Waals surface area contributed by atoms with Crippen LogP contribution >= 0.6 is 0 Å². The fraction of sp³-hybridized carbons (Fsp3) is 0.474. The molecule has 2 N–H and O–H groups in total. The minimum atomic E-state index is -1.56. The van der Waals surface area contributed by atoms with Crippen LogP contribution in [0.2, 0.25) is 0 Å². The second-order valence-corrected chi connectivity index (χ2v) is 15.3. The quantitative estimate of drug-likeness (QED) is 0.284. The van der Waals surface area contributed by atoms with Gasteiger partial charge in [-0.15, -0.1) is 5.10 Å². The maximum Gasteiger partial charge on any atom is 0.186 e. The molecule has 3 fully saturated rings. The molecule has 4 aliphatic carbocycles. The molecule has 3 saturated carbocycles. The lowest BCUT2D eigenvalue weighted by atomic mass is 9.45. The number of aliphatic hydroxyl groups excluding tert-OH is 1. The summed E-state index contributed by atoms with van der Waals surface area (Å²) in [4.78, 5) is 16.1. The van der Waals surface area contributed by atoms with Gasteiger partial charge in [0.25, 0.3) is 0 Å². The zero-order valence-corrected chi connectivity index (χ0v) is 28.0. The largest absolute Gasteiger partial charge is 0.393 e. The van der Waals surface area contributed by atoms with Crippen molar-refractivity contribution < 1.29 is 19.4 Å². The van der Waals surface area contributed by atoms with E-state index >= 15 is 0 Å². The predicted octanol–water partition coefficient (Wildman–Crippen LogP) is 5.49. The molecule has 0 aliphatic heterocycles. The van der Waals surface area contributed by atoms with E-state index < -0.39 is 17.1 Å². The van der Waals surface area contributed by atoms with E-state index in [9.17, 15) is 19.4 Å². The molecule has 7 atom stereocenters. The fourth-order valence-corrected chi connectivity index (χ4v) is 10.2. The highest BCUT2D eigenvalue weighted by Crippen LogP contribution is 2.67. The lowest BCUT2D eigenvalue weighted by Crippen LogP contribution is -2.62. The smallest absolute Gasteiger partial charge is 0.186 e. The van der Waals surface area contributed by atoms with Gasteiger partial charge in [0.05, 0.1) is 29.9 Å². The van der Waals surface area contributed by atoms with E-state index in [1.807, 2.05) is 61.1 Å². The van der Waals surface area contributed by atoms with Gasteiger partial charge in [-0.1, -0.05) is 36.8 Å². The number of anilines is 1. The van der Waals surface area contributed by atoms with Crippen LogP contribution in [0, 0.1) is 34.4 Å². The Bertz CT molecular complexity index is 1910. The van der Waals surface area contributed by atoms with Gasteiger partial charge >= 0.3 is 0 Å². The molecule has 0 bridgehead atoms. The van der Waals surface area contributed by atoms with Crippen molar-refractivity contribution in [1.29, 1.82) is 0 Å². The first-order chi connectivity index (χ1) is 22.9. The third-order valence-electron chi connectivity index (χ3n) is 12.6. The van der Waals surface area contributed by atoms with Crippen LogP contribution in [0.5, 0.6) is 0 Å². The van der Waals surface area contributed by atoms with Crippen molar-refractivity contribution in [2.24, 2.45) is 28.6 Å². The van der Waals surface area contributed by atoms with Gasteiger partial charge in [-0.25, -0.2) is 13.8 Å². The lowest BCUT2D eigenvalue weighted by Gasteiger charge is -2.60. The maximum absolute atomic E-state index is 14.0. The molecule has 5 unspecified atom stereocenters. The zero-order chi connectivity index (χ0) is 33.6. The predicted molar refractivity (Wildman–Crippen MR) is 181 cm³/mol. The summed E-state index contributed by atoms with van der Waals surface area (Å²) >= 11 is 0. The highest BCUT2D eigenvalue weighted by atomic mass is 19.1. The number of carbonyl (C=O) groups is 1. The van der Waals surface area contributed by atoms with E-state index in [-0.39, 0.29) is 41.3 Å². The van der Waals surface area contributed by atoms with Crippen molar-refractivity contribution in [3.8, 4) is 16.9 Å². The third kappa shape index (κ3) is 4.55. The van der Waals surface area contributed by atoms with Crippen molar-refractivity contribution in [2.75, 3.05) is 19.0 Å². The Labute approximate surface area is 280 Å². The molecule has 0 radical (unpaired) electrons. The molecule has 0 spiro atoms. The second-order valence-electron chi connectivity index (χ2n) is 15.3. The number of hydrogen-bond acceptors (Lipinski definition) is 7. The molecule has 2 heterocycles. The molecule has 0 amide bonds. The lowest BCUT2D eigenvalue weighted by molar-refractivity contribution is -0.180. The number of ketones is 1. The summed E-state index contributed by atoms with van der Waals surface area (Å²) < 4.78 is 17.0. The minimum absolute atomic E-state index is 0.00658. The molecular weight excluding hydrogens is 607 g/mol. The summed E-state index contributed by atoms with van der Waals surface area (Å²) in [5.74, 6) is -0.247. The van der Waals surface area contributed by atoms with Crippen LogP contribution < -0.4 is 4.90 Å². The van der Waals surface area contributed by atoms with Gasteiger partial charge in [0.15, 0.2) is 5.78 Å². The molecular formula is C38H43FN6O3. The molecule has 4 aromatic rings. The Hall–Kier alpha value is -4.15. The molecule has 8 rings (SSSR count). The Balaban J connectivity index is 1.03. The number of carbonyl (C=O) groups excluding carboxylic acids is 1. The molecule has 0 saturated heterocycles. The number of nitrogens with zero attached hydrogens (tertiary/aromatic N) is 6. The van der Waals surface area contributed by atoms with Crippen molar-refractivity contribution >= 4 is 17.5 Å². The van der Waals surface area contributed by atoms with Crippen LogP contribution in [0.15, 0.2) is 66.5 Å². The molecule has 250 valence electrons. The van der Waals surface area contributed by atoms with Crippen molar-refractivity contribution in [1.82, 2.24) is 24.8 Å². The highest BCUT2D eigenvalue weighted by Gasteiger charge is 2.68. The van der Waals surface area contributed by atoms with Crippen molar-refractivity contribution in [3.63, 3.8) is 0 Å². The van der Waals surface area contributed by atoms with Gasteiger partial charge in [-0.3, -0.25) is 4.79 Å². The average Bonchev–Trinajstić information content (AvgIpc) is 3.76. The van der Waals surface area contributed by atoms with Gasteiger partial charge in [-0.05, 0) is 110 Å². The van der Waals surface area contributed by atoms with Crippen molar-refractivity contribution in [3.05, 3.63) is 83.6 Å². The van der Waals surface area contributed by atoms with Crippen LogP contribution in [0.3, 0.4) is 0 Å². The van der Waals surface area contributed by atoms with Gasteiger partial charge in [-0.2, -0.15) is 5.10 Å². The number of aromatic nitrogens is 5. The molecule has 2 aromatic heterocycles. The average molecular weight is 651 g/mol. The fourth-order valence-electron chi connectivity index (χ4n) is 10.2. The number of aliphatic hydroxyl groups is 2. The maximum atomic E-state index is 14.0. The zero-order valence-electron chi connectivity index (χ0n) is 28.0. The van der Waals surface area contributed by atoms with E-state index in [1.165, 1.54) is 22.4 Å². The molecule has 48 heavy (non-hydrogen) atoms. The summed E-state index contributed by atoms with van der Waals surface area (Å²) in [5, 5.41) is 37.5. The van der Waals surface area contributed by atoms with E-state index in [0.717, 1.165) is 53.9 Å². The van der Waals surface area contributed by atoms with E-state index in [4.69, 9.17) is 0 Å². The number of benzene rings is 2. The van der Waals surface area contributed by atoms with Gasteiger partial charge in [0, 0.05) is 30.8 Å². The van der Waals surface area contributed by atoms with E-state index in [0.29, 0.717) is 18.5 Å². The number of fused-ring (bicyclic) bond motifs is 6. The van der Waals surface area contributed by atoms with Gasteiger partial charge in [0.2, 0.25) is 0 Å². The monoisotopic (exact) mass is 650 g/mol. The molecule has 4 aliphatic rings. The molecule has 9 nitrogen and oxygen atoms in total. The van der Waals surface area contributed by atoms with Crippen LogP contribution in [-0.4, -0.2) is 66.6 Å². The second kappa shape index (κ2) is 10.9. The summed E-state index contributed by atoms with van der Waals surface area (Å²) in [6, 6.07) is 14.4. The standard InChI is InChI=1S/C38H43FN6O3/c1-36-18-24-20-40-45(28-12-8-26(39)9-13-28)32(24)17-25(36)7-14-29-30-15-16-38(48,37(30,2)19-33(46)35(29)36)34(47)22-44-21-31(41-42-44)23-5-10-27(11-6-23)43(3)4/h5-6,8-13,17,20-21,29-30,33,35,46,48H,7,14-16,18-19,22H2,1-4H3/t29?,30?,33-,35?,36?,37?,38-/m0/s1. The number of allylic oxidation sites excluding steroid dienone is 1. The Morgan fingerprint density at radius 2 is 1.83 bits per heavy atom. The number of rotatable bonds is 6. The normalized spacial score (nSPS) is 32.1.